The standard InChI is InChI=1S/C30H26O6/c1-3-16-35-29(33)23-12-8-21(9-13-23)18-27(31)25-6-5-7-26(20-25)28(32)19-22-10-14-24(15-11-22)30(34)36-17-4-2/h3-15,20H,1-2,16-19H2. The summed E-state index contributed by atoms with van der Waals surface area (Å²) >= 11 is 0. The summed E-state index contributed by atoms with van der Waals surface area (Å²) in [5.41, 5.74) is 3.11. The molecule has 0 bridgehead atoms. The predicted octanol–water partition coefficient (Wildman–Crippen LogP) is 5.22. The molecule has 0 atom stereocenters. The first-order valence-electron chi connectivity index (χ1n) is 11.3. The highest BCUT2D eigenvalue weighted by Gasteiger charge is 2.14. The van der Waals surface area contributed by atoms with Crippen LogP contribution in [-0.2, 0) is 22.3 Å². The molecule has 0 saturated carbocycles. The quantitative estimate of drug-likeness (QED) is 0.200. The SMILES string of the molecule is C=CCOC(=O)c1ccc(CC(=O)c2cccc(C(=O)Cc3ccc(C(=O)OCC=C)cc3)c2)cc1. The maximum Gasteiger partial charge on any atom is 0.338 e. The van der Waals surface area contributed by atoms with Gasteiger partial charge in [0.25, 0.3) is 0 Å². The second-order valence-corrected chi connectivity index (χ2v) is 7.95. The van der Waals surface area contributed by atoms with E-state index in [1.54, 1.807) is 72.8 Å². The molecule has 182 valence electrons. The van der Waals surface area contributed by atoms with Crippen LogP contribution in [0.2, 0.25) is 0 Å². The molecule has 0 amide bonds. The van der Waals surface area contributed by atoms with Crippen LogP contribution in [0.5, 0.6) is 0 Å². The number of ether oxygens (including phenoxy) is 2. The monoisotopic (exact) mass is 482 g/mol. The summed E-state index contributed by atoms with van der Waals surface area (Å²) in [6.07, 6.45) is 3.24. The van der Waals surface area contributed by atoms with E-state index in [-0.39, 0.29) is 37.6 Å². The van der Waals surface area contributed by atoms with Crippen molar-refractivity contribution >= 4 is 23.5 Å². The van der Waals surface area contributed by atoms with Gasteiger partial charge in [-0.3, -0.25) is 9.59 Å². The molecular weight excluding hydrogens is 456 g/mol. The van der Waals surface area contributed by atoms with Gasteiger partial charge in [0.05, 0.1) is 11.1 Å². The van der Waals surface area contributed by atoms with Crippen LogP contribution in [0.1, 0.15) is 52.6 Å². The Morgan fingerprint density at radius 3 is 1.33 bits per heavy atom. The first-order valence-corrected chi connectivity index (χ1v) is 11.3. The van der Waals surface area contributed by atoms with E-state index < -0.39 is 11.9 Å². The average Bonchev–Trinajstić information content (AvgIpc) is 2.91. The summed E-state index contributed by atoms with van der Waals surface area (Å²) in [4.78, 5) is 49.4. The molecule has 3 aromatic rings. The van der Waals surface area contributed by atoms with Gasteiger partial charge in [-0.2, -0.15) is 0 Å². The topological polar surface area (TPSA) is 86.7 Å². The van der Waals surface area contributed by atoms with Crippen molar-refractivity contribution in [2.24, 2.45) is 0 Å². The smallest absolute Gasteiger partial charge is 0.338 e. The van der Waals surface area contributed by atoms with E-state index in [0.717, 1.165) is 11.1 Å². The highest BCUT2D eigenvalue weighted by molar-refractivity contribution is 6.02. The van der Waals surface area contributed by atoms with Crippen LogP contribution in [0.3, 0.4) is 0 Å². The van der Waals surface area contributed by atoms with Crippen molar-refractivity contribution in [2.45, 2.75) is 12.8 Å². The molecule has 6 nitrogen and oxygen atoms in total. The number of Topliss-reactive ketones (excluding diaryl/α,β-unsaturated/α-hetero) is 2. The Kier molecular flexibility index (Phi) is 9.23. The van der Waals surface area contributed by atoms with Crippen LogP contribution in [-0.4, -0.2) is 36.7 Å². The fraction of sp³-hybridized carbons (Fsp3) is 0.133. The van der Waals surface area contributed by atoms with Gasteiger partial charge in [0.15, 0.2) is 11.6 Å². The van der Waals surface area contributed by atoms with Crippen molar-refractivity contribution in [1.82, 2.24) is 0 Å². The van der Waals surface area contributed by atoms with Crippen molar-refractivity contribution < 1.29 is 28.7 Å². The van der Waals surface area contributed by atoms with Crippen molar-refractivity contribution in [3.63, 3.8) is 0 Å². The van der Waals surface area contributed by atoms with Crippen molar-refractivity contribution in [2.75, 3.05) is 13.2 Å². The minimum atomic E-state index is -0.457. The molecule has 0 radical (unpaired) electrons. The first-order chi connectivity index (χ1) is 17.4. The van der Waals surface area contributed by atoms with Crippen molar-refractivity contribution in [3.8, 4) is 0 Å². The lowest BCUT2D eigenvalue weighted by Gasteiger charge is -2.07. The second kappa shape index (κ2) is 12.8. The summed E-state index contributed by atoms with van der Waals surface area (Å²) in [7, 11) is 0. The van der Waals surface area contributed by atoms with Crippen LogP contribution in [0, 0.1) is 0 Å². The van der Waals surface area contributed by atoms with Crippen molar-refractivity contribution in [1.29, 1.82) is 0 Å². The van der Waals surface area contributed by atoms with Gasteiger partial charge in [-0.15, -0.1) is 0 Å². The van der Waals surface area contributed by atoms with Gasteiger partial charge in [0.2, 0.25) is 0 Å². The van der Waals surface area contributed by atoms with E-state index in [2.05, 4.69) is 13.2 Å². The Bertz CT molecular complexity index is 1170. The van der Waals surface area contributed by atoms with Gasteiger partial charge >= 0.3 is 11.9 Å². The minimum absolute atomic E-state index is 0.128. The van der Waals surface area contributed by atoms with E-state index in [4.69, 9.17) is 9.47 Å². The highest BCUT2D eigenvalue weighted by atomic mass is 16.5. The van der Waals surface area contributed by atoms with Gasteiger partial charge in [0, 0.05) is 24.0 Å². The number of carbonyl (C=O) groups excluding carboxylic acids is 4. The van der Waals surface area contributed by atoms with Crippen molar-refractivity contribution in [3.05, 3.63) is 131 Å². The molecule has 3 rings (SSSR count). The molecule has 0 heterocycles. The molecule has 0 aliphatic heterocycles. The van der Waals surface area contributed by atoms with E-state index in [9.17, 15) is 19.2 Å². The van der Waals surface area contributed by atoms with Crippen LogP contribution in [0.15, 0.2) is 98.1 Å². The molecule has 3 aromatic carbocycles. The number of esters is 2. The molecule has 0 fully saturated rings. The fourth-order valence-electron chi connectivity index (χ4n) is 3.39. The normalized spacial score (nSPS) is 10.2. The summed E-state index contributed by atoms with van der Waals surface area (Å²) in [6, 6.07) is 19.9. The molecule has 0 unspecified atom stereocenters. The van der Waals surface area contributed by atoms with Crippen LogP contribution in [0.25, 0.3) is 0 Å². The molecule has 0 N–H and O–H groups in total. The Morgan fingerprint density at radius 1 is 0.583 bits per heavy atom. The number of carbonyl (C=O) groups is 4. The number of rotatable bonds is 12. The molecular formula is C30H26O6. The van der Waals surface area contributed by atoms with Gasteiger partial charge in [-0.25, -0.2) is 9.59 Å². The van der Waals surface area contributed by atoms with Gasteiger partial charge in [-0.05, 0) is 41.5 Å². The van der Waals surface area contributed by atoms with E-state index in [0.29, 0.717) is 22.3 Å². The Labute approximate surface area is 209 Å². The fourth-order valence-corrected chi connectivity index (χ4v) is 3.39. The summed E-state index contributed by atoms with van der Waals surface area (Å²) in [5.74, 6) is -1.20. The largest absolute Gasteiger partial charge is 0.458 e. The summed E-state index contributed by atoms with van der Waals surface area (Å²) in [6.45, 7) is 7.26. The van der Waals surface area contributed by atoms with Gasteiger partial charge in [-0.1, -0.05) is 67.8 Å². The Morgan fingerprint density at radius 2 is 0.972 bits per heavy atom. The highest BCUT2D eigenvalue weighted by Crippen LogP contribution is 2.15. The summed E-state index contributed by atoms with van der Waals surface area (Å²) < 4.78 is 9.99. The van der Waals surface area contributed by atoms with Gasteiger partial charge < -0.3 is 9.47 Å². The number of ketones is 2. The molecule has 0 spiro atoms. The number of hydrogen-bond acceptors (Lipinski definition) is 6. The maximum absolute atomic E-state index is 12.8. The Hall–Kier alpha value is -4.58. The summed E-state index contributed by atoms with van der Waals surface area (Å²) in [5, 5.41) is 0. The Balaban J connectivity index is 1.62. The second-order valence-electron chi connectivity index (χ2n) is 7.95. The minimum Gasteiger partial charge on any atom is -0.458 e. The molecule has 0 aromatic heterocycles. The van der Waals surface area contributed by atoms with E-state index in [1.807, 2.05) is 0 Å². The lowest BCUT2D eigenvalue weighted by Crippen LogP contribution is -2.09. The maximum atomic E-state index is 12.8. The third-order valence-electron chi connectivity index (χ3n) is 5.28. The molecule has 6 heteroatoms. The number of hydrogen-bond donors (Lipinski definition) is 0. The first kappa shape index (κ1) is 26.0. The van der Waals surface area contributed by atoms with Gasteiger partial charge in [0.1, 0.15) is 13.2 Å². The lowest BCUT2D eigenvalue weighted by molar-refractivity contribution is 0.0540. The third-order valence-corrected chi connectivity index (χ3v) is 5.28. The van der Waals surface area contributed by atoms with E-state index >= 15 is 0 Å². The molecule has 0 saturated heterocycles. The average molecular weight is 483 g/mol. The zero-order chi connectivity index (χ0) is 25.9. The molecule has 36 heavy (non-hydrogen) atoms. The third kappa shape index (κ3) is 7.21. The zero-order valence-corrected chi connectivity index (χ0v) is 19.8. The zero-order valence-electron chi connectivity index (χ0n) is 19.8. The molecule has 0 aliphatic carbocycles. The van der Waals surface area contributed by atoms with Crippen LogP contribution < -0.4 is 0 Å². The number of benzene rings is 3. The molecule has 0 aliphatic rings. The predicted molar refractivity (Wildman–Crippen MR) is 136 cm³/mol. The van der Waals surface area contributed by atoms with Crippen LogP contribution >= 0.6 is 0 Å². The lowest BCUT2D eigenvalue weighted by atomic mass is 9.97. The van der Waals surface area contributed by atoms with Crippen LogP contribution in [0.4, 0.5) is 0 Å². The van der Waals surface area contributed by atoms with E-state index in [1.165, 1.54) is 12.2 Å².